The fraction of sp³-hybridized carbons (Fsp3) is 0. The van der Waals surface area contributed by atoms with Crippen molar-refractivity contribution >= 4 is 11.0 Å². The molecular weight excluding hydrogens is 340 g/mol. The van der Waals surface area contributed by atoms with Crippen LogP contribution in [0.3, 0.4) is 0 Å². The Morgan fingerprint density at radius 3 is 1.96 bits per heavy atom. The lowest BCUT2D eigenvalue weighted by atomic mass is 10.0. The summed E-state index contributed by atoms with van der Waals surface area (Å²) in [5.74, 6) is 1.47. The van der Waals surface area contributed by atoms with E-state index in [1.54, 1.807) is 24.7 Å². The van der Waals surface area contributed by atoms with E-state index in [0.29, 0.717) is 28.4 Å². The molecule has 0 saturated carbocycles. The van der Waals surface area contributed by atoms with Gasteiger partial charge in [0.25, 0.3) is 0 Å². The van der Waals surface area contributed by atoms with E-state index in [1.807, 2.05) is 54.6 Å². The first-order valence-electron chi connectivity index (χ1n) is 8.47. The first kappa shape index (κ1) is 15.4. The smallest absolute Gasteiger partial charge is 0.154 e. The van der Waals surface area contributed by atoms with Crippen LogP contribution in [0.5, 0.6) is 5.75 Å². The molecule has 0 amide bonds. The minimum atomic E-state index is 0.225. The molecule has 0 fully saturated rings. The Morgan fingerprint density at radius 2 is 1.33 bits per heavy atom. The van der Waals surface area contributed by atoms with Crippen LogP contribution in [0.1, 0.15) is 0 Å². The van der Waals surface area contributed by atoms with Gasteiger partial charge in [-0.15, -0.1) is 0 Å². The number of furan rings is 2. The summed E-state index contributed by atoms with van der Waals surface area (Å²) in [6.07, 6.45) is 3.21. The van der Waals surface area contributed by atoms with Gasteiger partial charge in [-0.1, -0.05) is 24.3 Å². The van der Waals surface area contributed by atoms with Gasteiger partial charge >= 0.3 is 0 Å². The second-order valence-electron chi connectivity index (χ2n) is 6.10. The molecule has 1 N–H and O–H groups in total. The van der Waals surface area contributed by atoms with Gasteiger partial charge in [-0.3, -0.25) is 0 Å². The van der Waals surface area contributed by atoms with Crippen LogP contribution >= 0.6 is 0 Å². The van der Waals surface area contributed by atoms with Crippen molar-refractivity contribution in [1.29, 1.82) is 0 Å². The zero-order valence-electron chi connectivity index (χ0n) is 14.2. The predicted molar refractivity (Wildman–Crippen MR) is 102 cm³/mol. The van der Waals surface area contributed by atoms with Crippen LogP contribution in [-0.4, -0.2) is 15.1 Å². The number of hydrogen-bond donors (Lipinski definition) is 1. The van der Waals surface area contributed by atoms with Gasteiger partial charge in [0.2, 0.25) is 0 Å². The molecular formula is C22H14N2O3. The van der Waals surface area contributed by atoms with Crippen molar-refractivity contribution in [3.05, 3.63) is 79.3 Å². The summed E-state index contributed by atoms with van der Waals surface area (Å²) >= 11 is 0. The fourth-order valence-electron chi connectivity index (χ4n) is 3.11. The van der Waals surface area contributed by atoms with Crippen LogP contribution in [0, 0.1) is 0 Å². The number of aromatic hydroxyl groups is 1. The van der Waals surface area contributed by atoms with Crippen LogP contribution in [0.25, 0.3) is 45.1 Å². The maximum Gasteiger partial charge on any atom is 0.154 e. The Labute approximate surface area is 154 Å². The molecule has 0 aliphatic heterocycles. The largest absolute Gasteiger partial charge is 0.507 e. The van der Waals surface area contributed by atoms with Gasteiger partial charge in [0.1, 0.15) is 17.1 Å². The van der Waals surface area contributed by atoms with Gasteiger partial charge in [0, 0.05) is 5.56 Å². The third kappa shape index (κ3) is 2.66. The monoisotopic (exact) mass is 354 g/mol. The van der Waals surface area contributed by atoms with Gasteiger partial charge in [0.05, 0.1) is 23.6 Å². The van der Waals surface area contributed by atoms with Gasteiger partial charge < -0.3 is 13.9 Å². The normalized spacial score (nSPS) is 11.1. The zero-order chi connectivity index (χ0) is 18.2. The summed E-state index contributed by atoms with van der Waals surface area (Å²) in [6, 6.07) is 20.3. The second kappa shape index (κ2) is 6.14. The number of para-hydroxylation sites is 1. The van der Waals surface area contributed by atoms with Gasteiger partial charge in [-0.05, 0) is 48.0 Å². The maximum atomic E-state index is 10.1. The summed E-state index contributed by atoms with van der Waals surface area (Å²) in [5.41, 5.74) is 4.28. The Morgan fingerprint density at radius 1 is 0.667 bits per heavy atom. The molecule has 0 saturated heterocycles. The summed E-state index contributed by atoms with van der Waals surface area (Å²) in [7, 11) is 0. The van der Waals surface area contributed by atoms with E-state index in [9.17, 15) is 5.11 Å². The molecule has 130 valence electrons. The average molecular weight is 354 g/mol. The number of phenols is 1. The molecule has 5 aromatic rings. The van der Waals surface area contributed by atoms with Crippen LogP contribution in [0.4, 0.5) is 0 Å². The molecule has 5 heteroatoms. The number of aromatic nitrogens is 2. The molecule has 0 bridgehead atoms. The second-order valence-corrected chi connectivity index (χ2v) is 6.10. The van der Waals surface area contributed by atoms with Crippen LogP contribution in [-0.2, 0) is 0 Å². The van der Waals surface area contributed by atoms with Crippen molar-refractivity contribution in [2.75, 3.05) is 0 Å². The van der Waals surface area contributed by atoms with E-state index in [4.69, 9.17) is 18.8 Å². The maximum absolute atomic E-state index is 10.1. The summed E-state index contributed by atoms with van der Waals surface area (Å²) in [5, 5.41) is 10.1. The molecule has 0 spiro atoms. The molecule has 0 aliphatic carbocycles. The number of fused-ring (bicyclic) bond motifs is 1. The number of hydrogen-bond acceptors (Lipinski definition) is 5. The Bertz CT molecular complexity index is 1230. The minimum absolute atomic E-state index is 0.225. The van der Waals surface area contributed by atoms with Gasteiger partial charge in [0.15, 0.2) is 11.5 Å². The third-order valence-corrected chi connectivity index (χ3v) is 4.39. The summed E-state index contributed by atoms with van der Waals surface area (Å²) in [4.78, 5) is 9.54. The average Bonchev–Trinajstić information content (AvgIpc) is 3.41. The van der Waals surface area contributed by atoms with Crippen molar-refractivity contribution in [2.45, 2.75) is 0 Å². The third-order valence-electron chi connectivity index (χ3n) is 4.39. The predicted octanol–water partition coefficient (Wildman–Crippen LogP) is 5.52. The molecule has 0 radical (unpaired) electrons. The van der Waals surface area contributed by atoms with Crippen molar-refractivity contribution in [2.24, 2.45) is 0 Å². The minimum Gasteiger partial charge on any atom is -0.507 e. The molecule has 5 rings (SSSR count). The molecule has 3 aromatic heterocycles. The zero-order valence-corrected chi connectivity index (χ0v) is 14.2. The molecule has 0 aliphatic rings. The summed E-state index contributed by atoms with van der Waals surface area (Å²) < 4.78 is 11.1. The SMILES string of the molecule is Oc1ccccc1-c1ccc2nc(-c3ccco3)c(-c3ccco3)nc2c1. The van der Waals surface area contributed by atoms with Crippen LogP contribution in [0.2, 0.25) is 0 Å². The highest BCUT2D eigenvalue weighted by molar-refractivity contribution is 5.87. The first-order chi connectivity index (χ1) is 13.3. The number of phenolic OH excluding ortho intramolecular Hbond substituents is 1. The molecule has 27 heavy (non-hydrogen) atoms. The van der Waals surface area contributed by atoms with E-state index < -0.39 is 0 Å². The highest BCUT2D eigenvalue weighted by Gasteiger charge is 2.17. The van der Waals surface area contributed by atoms with E-state index in [2.05, 4.69) is 0 Å². The van der Waals surface area contributed by atoms with Gasteiger partial charge in [-0.25, -0.2) is 9.97 Å². The number of rotatable bonds is 3. The fourth-order valence-corrected chi connectivity index (χ4v) is 3.11. The van der Waals surface area contributed by atoms with Crippen LogP contribution < -0.4 is 0 Å². The van der Waals surface area contributed by atoms with E-state index in [1.165, 1.54) is 0 Å². The van der Waals surface area contributed by atoms with Gasteiger partial charge in [-0.2, -0.15) is 0 Å². The number of benzene rings is 2. The lowest BCUT2D eigenvalue weighted by molar-refractivity contribution is 0.477. The first-order valence-corrected chi connectivity index (χ1v) is 8.47. The molecule has 0 unspecified atom stereocenters. The quantitative estimate of drug-likeness (QED) is 0.462. The van der Waals surface area contributed by atoms with Crippen molar-refractivity contribution < 1.29 is 13.9 Å². The van der Waals surface area contributed by atoms with Crippen molar-refractivity contribution in [3.63, 3.8) is 0 Å². The lowest BCUT2D eigenvalue weighted by Crippen LogP contribution is -1.94. The van der Waals surface area contributed by atoms with Crippen molar-refractivity contribution in [3.8, 4) is 39.8 Å². The molecule has 3 heterocycles. The Balaban J connectivity index is 1.75. The molecule has 2 aromatic carbocycles. The standard InChI is InChI=1S/C22H14N2O3/c25-18-6-2-1-5-15(18)14-9-10-16-17(13-14)24-22(20-8-4-12-27-20)21(23-16)19-7-3-11-26-19/h1-13,25H. The number of nitrogens with zero attached hydrogens (tertiary/aromatic N) is 2. The highest BCUT2D eigenvalue weighted by atomic mass is 16.3. The Hall–Kier alpha value is -3.86. The topological polar surface area (TPSA) is 72.3 Å². The molecule has 5 nitrogen and oxygen atoms in total. The highest BCUT2D eigenvalue weighted by Crippen LogP contribution is 2.34. The van der Waals surface area contributed by atoms with E-state index in [0.717, 1.165) is 16.6 Å². The van der Waals surface area contributed by atoms with E-state index >= 15 is 0 Å². The van der Waals surface area contributed by atoms with Crippen molar-refractivity contribution in [1.82, 2.24) is 9.97 Å². The lowest BCUT2D eigenvalue weighted by Gasteiger charge is -2.09. The van der Waals surface area contributed by atoms with E-state index in [-0.39, 0.29) is 5.75 Å². The van der Waals surface area contributed by atoms with Crippen LogP contribution in [0.15, 0.2) is 88.1 Å². The summed E-state index contributed by atoms with van der Waals surface area (Å²) in [6.45, 7) is 0. The Kier molecular flexibility index (Phi) is 3.50. The molecule has 0 atom stereocenters.